The van der Waals surface area contributed by atoms with Crippen LogP contribution in [0.25, 0.3) is 0 Å². The average Bonchev–Trinajstić information content (AvgIpc) is 3.27. The minimum atomic E-state index is -0.760. The second-order valence-electron chi connectivity index (χ2n) is 20.1. The monoisotopic (exact) mass is 891 g/mol. The Morgan fingerprint density at radius 1 is 0.302 bits per heavy atom. The van der Waals surface area contributed by atoms with Gasteiger partial charge < -0.3 is 14.2 Å². The van der Waals surface area contributed by atoms with Gasteiger partial charge in [0.2, 0.25) is 0 Å². The maximum atomic E-state index is 12.8. The van der Waals surface area contributed by atoms with E-state index in [0.717, 1.165) is 63.7 Å². The van der Waals surface area contributed by atoms with Gasteiger partial charge in [-0.3, -0.25) is 14.4 Å². The molecule has 0 saturated heterocycles. The SMILES string of the molecule is CCCCCCCCCCCCCCCC(=O)O[C@@H](COC(=O)CCCCCCCCCCCCC)COC(=O)CCCCCCCCCCCCCCCCCCCCC(C)C. The molecule has 0 aromatic rings. The minimum absolute atomic E-state index is 0.0619. The Morgan fingerprint density at radius 3 is 0.778 bits per heavy atom. The summed E-state index contributed by atoms with van der Waals surface area (Å²) in [7, 11) is 0. The lowest BCUT2D eigenvalue weighted by molar-refractivity contribution is -0.167. The van der Waals surface area contributed by atoms with E-state index in [1.165, 1.54) is 218 Å². The highest BCUT2D eigenvalue weighted by atomic mass is 16.6. The van der Waals surface area contributed by atoms with Gasteiger partial charge in [0.15, 0.2) is 6.10 Å². The average molecular weight is 892 g/mol. The summed E-state index contributed by atoms with van der Waals surface area (Å²) in [6, 6.07) is 0. The molecule has 0 heterocycles. The lowest BCUT2D eigenvalue weighted by atomic mass is 10.0. The molecule has 0 N–H and O–H groups in total. The van der Waals surface area contributed by atoms with Crippen LogP contribution in [0.5, 0.6) is 0 Å². The topological polar surface area (TPSA) is 78.9 Å². The zero-order valence-electron chi connectivity index (χ0n) is 43.0. The van der Waals surface area contributed by atoms with Gasteiger partial charge >= 0.3 is 17.9 Å². The summed E-state index contributed by atoms with van der Waals surface area (Å²) in [5, 5.41) is 0. The van der Waals surface area contributed by atoms with Gasteiger partial charge in [0, 0.05) is 19.3 Å². The van der Waals surface area contributed by atoms with E-state index < -0.39 is 6.10 Å². The van der Waals surface area contributed by atoms with Crippen molar-refractivity contribution < 1.29 is 28.6 Å². The maximum Gasteiger partial charge on any atom is 0.306 e. The number of carbonyl (C=O) groups excluding carboxylic acids is 3. The summed E-state index contributed by atoms with van der Waals surface area (Å²) in [4.78, 5) is 38.0. The molecular weight excluding hydrogens is 781 g/mol. The molecule has 63 heavy (non-hydrogen) atoms. The zero-order chi connectivity index (χ0) is 45.9. The summed E-state index contributed by atoms with van der Waals surface area (Å²) in [6.07, 6.45) is 55.2. The van der Waals surface area contributed by atoms with E-state index >= 15 is 0 Å². The summed E-state index contributed by atoms with van der Waals surface area (Å²) in [6.45, 7) is 9.06. The first-order valence-corrected chi connectivity index (χ1v) is 28.4. The fourth-order valence-electron chi connectivity index (χ4n) is 8.75. The molecule has 0 aromatic heterocycles. The van der Waals surface area contributed by atoms with Gasteiger partial charge in [-0.25, -0.2) is 0 Å². The van der Waals surface area contributed by atoms with Crippen molar-refractivity contribution in [1.82, 2.24) is 0 Å². The molecule has 0 aliphatic heterocycles. The molecule has 0 aliphatic rings. The van der Waals surface area contributed by atoms with Gasteiger partial charge in [-0.1, -0.05) is 285 Å². The third-order valence-electron chi connectivity index (χ3n) is 13.0. The largest absolute Gasteiger partial charge is 0.462 e. The van der Waals surface area contributed by atoms with Crippen LogP contribution in [-0.4, -0.2) is 37.2 Å². The highest BCUT2D eigenvalue weighted by Crippen LogP contribution is 2.18. The number of unbranched alkanes of at least 4 members (excludes halogenated alkanes) is 39. The van der Waals surface area contributed by atoms with Crippen molar-refractivity contribution in [2.24, 2.45) is 5.92 Å². The zero-order valence-corrected chi connectivity index (χ0v) is 43.0. The molecule has 0 unspecified atom stereocenters. The number of hydrogen-bond acceptors (Lipinski definition) is 6. The molecule has 0 bridgehead atoms. The number of rotatable bonds is 52. The molecule has 0 rings (SSSR count). The quantitative estimate of drug-likeness (QED) is 0.0344. The van der Waals surface area contributed by atoms with Crippen molar-refractivity contribution in [3.05, 3.63) is 0 Å². The van der Waals surface area contributed by atoms with Crippen LogP contribution in [-0.2, 0) is 28.6 Å². The van der Waals surface area contributed by atoms with Crippen molar-refractivity contribution in [3.63, 3.8) is 0 Å². The fraction of sp³-hybridized carbons (Fsp3) is 0.947. The third-order valence-corrected chi connectivity index (χ3v) is 13.0. The van der Waals surface area contributed by atoms with Crippen LogP contribution in [0.1, 0.15) is 323 Å². The Morgan fingerprint density at radius 2 is 0.524 bits per heavy atom. The summed E-state index contributed by atoms with van der Waals surface area (Å²) in [5.41, 5.74) is 0. The summed E-state index contributed by atoms with van der Waals surface area (Å²) >= 11 is 0. The molecule has 0 saturated carbocycles. The third kappa shape index (κ3) is 51.3. The van der Waals surface area contributed by atoms with Gasteiger partial charge in [0.25, 0.3) is 0 Å². The van der Waals surface area contributed by atoms with Crippen molar-refractivity contribution >= 4 is 17.9 Å². The molecule has 0 aliphatic carbocycles. The van der Waals surface area contributed by atoms with Crippen LogP contribution in [0.3, 0.4) is 0 Å². The Hall–Kier alpha value is -1.59. The molecule has 0 amide bonds. The molecule has 0 aromatic carbocycles. The molecule has 0 fully saturated rings. The molecule has 0 spiro atoms. The van der Waals surface area contributed by atoms with Gasteiger partial charge in [-0.05, 0) is 25.2 Å². The maximum absolute atomic E-state index is 12.8. The van der Waals surface area contributed by atoms with Gasteiger partial charge in [-0.2, -0.15) is 0 Å². The van der Waals surface area contributed by atoms with E-state index in [9.17, 15) is 14.4 Å². The number of hydrogen-bond donors (Lipinski definition) is 0. The molecular formula is C57H110O6. The number of esters is 3. The van der Waals surface area contributed by atoms with Crippen LogP contribution < -0.4 is 0 Å². The standard InChI is InChI=1S/C57H110O6/c1-5-7-9-11-13-15-17-24-30-34-38-42-46-50-57(60)63-54(51-61-55(58)48-44-40-36-32-27-16-14-12-10-8-6-2)52-62-56(59)49-45-41-37-33-29-26-23-21-19-18-20-22-25-28-31-35-39-43-47-53(3)4/h53-54H,5-52H2,1-4H3/t54-/m0/s1. The minimum Gasteiger partial charge on any atom is -0.462 e. The van der Waals surface area contributed by atoms with E-state index in [1.807, 2.05) is 0 Å². The number of ether oxygens (including phenoxy) is 3. The molecule has 1 atom stereocenters. The Bertz CT molecular complexity index is 949. The van der Waals surface area contributed by atoms with E-state index in [4.69, 9.17) is 14.2 Å². The smallest absolute Gasteiger partial charge is 0.306 e. The van der Waals surface area contributed by atoms with Crippen molar-refractivity contribution in [2.45, 2.75) is 329 Å². The van der Waals surface area contributed by atoms with Crippen molar-refractivity contribution in [2.75, 3.05) is 13.2 Å². The number of carbonyl (C=O) groups is 3. The first-order chi connectivity index (χ1) is 30.9. The van der Waals surface area contributed by atoms with Crippen LogP contribution in [0, 0.1) is 5.92 Å². The van der Waals surface area contributed by atoms with Crippen molar-refractivity contribution in [1.29, 1.82) is 0 Å². The Labute approximate surface area is 393 Å². The second kappa shape index (κ2) is 51.4. The van der Waals surface area contributed by atoms with E-state index in [0.29, 0.717) is 19.3 Å². The highest BCUT2D eigenvalue weighted by Gasteiger charge is 2.19. The first kappa shape index (κ1) is 61.4. The first-order valence-electron chi connectivity index (χ1n) is 28.4. The normalized spacial score (nSPS) is 12.0. The molecule has 374 valence electrons. The summed E-state index contributed by atoms with van der Waals surface area (Å²) < 4.78 is 16.8. The molecule has 6 nitrogen and oxygen atoms in total. The second-order valence-corrected chi connectivity index (χ2v) is 20.1. The lowest BCUT2D eigenvalue weighted by Crippen LogP contribution is -2.30. The Balaban J connectivity index is 4.20. The van der Waals surface area contributed by atoms with Gasteiger partial charge in [-0.15, -0.1) is 0 Å². The summed E-state index contributed by atoms with van der Waals surface area (Å²) in [5.74, 6) is 0.0209. The molecule has 0 radical (unpaired) electrons. The van der Waals surface area contributed by atoms with E-state index in [2.05, 4.69) is 27.7 Å². The van der Waals surface area contributed by atoms with Crippen molar-refractivity contribution in [3.8, 4) is 0 Å². The highest BCUT2D eigenvalue weighted by molar-refractivity contribution is 5.71. The lowest BCUT2D eigenvalue weighted by Gasteiger charge is -2.18. The van der Waals surface area contributed by atoms with E-state index in [-0.39, 0.29) is 31.1 Å². The Kier molecular flexibility index (Phi) is 50.1. The van der Waals surface area contributed by atoms with Crippen LogP contribution in [0.15, 0.2) is 0 Å². The predicted octanol–water partition coefficient (Wildman–Crippen LogP) is 18.6. The van der Waals surface area contributed by atoms with Gasteiger partial charge in [0.05, 0.1) is 0 Å². The van der Waals surface area contributed by atoms with Crippen LogP contribution >= 0.6 is 0 Å². The van der Waals surface area contributed by atoms with Crippen LogP contribution in [0.2, 0.25) is 0 Å². The molecule has 6 heteroatoms. The van der Waals surface area contributed by atoms with E-state index in [1.54, 1.807) is 0 Å². The fourth-order valence-corrected chi connectivity index (χ4v) is 8.75. The van der Waals surface area contributed by atoms with Gasteiger partial charge in [0.1, 0.15) is 13.2 Å². The van der Waals surface area contributed by atoms with Crippen LogP contribution in [0.4, 0.5) is 0 Å². The predicted molar refractivity (Wildman–Crippen MR) is 270 cm³/mol.